The molecule has 2 rings (SSSR count). The lowest BCUT2D eigenvalue weighted by Crippen LogP contribution is -2.12. The third-order valence-electron chi connectivity index (χ3n) is 2.44. The van der Waals surface area contributed by atoms with E-state index in [-0.39, 0.29) is 0 Å². The molecule has 1 saturated carbocycles. The van der Waals surface area contributed by atoms with Gasteiger partial charge in [-0.2, -0.15) is 5.10 Å². The Morgan fingerprint density at radius 1 is 1.43 bits per heavy atom. The van der Waals surface area contributed by atoms with Crippen molar-refractivity contribution in [1.82, 2.24) is 9.78 Å². The Balaban J connectivity index is 1.87. The molecule has 1 fully saturated rings. The monoisotopic (exact) mass is 322 g/mol. The Morgan fingerprint density at radius 3 is 2.71 bits per heavy atom. The van der Waals surface area contributed by atoms with Gasteiger partial charge in [-0.05, 0) is 44.7 Å². The molecule has 78 valence electrons. The first-order valence-corrected chi connectivity index (χ1v) is 6.35. The van der Waals surface area contributed by atoms with Gasteiger partial charge in [0.15, 0.2) is 0 Å². The molecule has 0 bridgehead atoms. The van der Waals surface area contributed by atoms with Gasteiger partial charge in [-0.25, -0.2) is 4.68 Å². The lowest BCUT2D eigenvalue weighted by Gasteiger charge is -2.11. The van der Waals surface area contributed by atoms with Crippen molar-refractivity contribution in [3.63, 3.8) is 0 Å². The van der Waals surface area contributed by atoms with Crippen LogP contribution in [0.25, 0.3) is 0 Å². The lowest BCUT2D eigenvalue weighted by atomic mass is 10.3. The summed E-state index contributed by atoms with van der Waals surface area (Å²) in [5, 5.41) is 4.23. The molecule has 3 nitrogen and oxygen atoms in total. The van der Waals surface area contributed by atoms with E-state index in [1.54, 1.807) is 0 Å². The highest BCUT2D eigenvalue weighted by atomic mass is 79.9. The topological polar surface area (TPSA) is 27.1 Å². The molecule has 1 aromatic rings. The van der Waals surface area contributed by atoms with E-state index in [9.17, 15) is 0 Å². The van der Waals surface area contributed by atoms with E-state index < -0.39 is 0 Å². The van der Waals surface area contributed by atoms with Gasteiger partial charge in [0.25, 0.3) is 0 Å². The van der Waals surface area contributed by atoms with E-state index in [2.05, 4.69) is 37.0 Å². The fraction of sp³-hybridized carbons (Fsp3) is 0.667. The molecule has 0 amide bonds. The van der Waals surface area contributed by atoms with E-state index in [0.717, 1.165) is 9.21 Å². The van der Waals surface area contributed by atoms with Gasteiger partial charge in [-0.1, -0.05) is 12.8 Å². The molecule has 0 atom stereocenters. The molecule has 1 heterocycles. The minimum atomic E-state index is 0.435. The highest BCUT2D eigenvalue weighted by Crippen LogP contribution is 2.22. The summed E-state index contributed by atoms with van der Waals surface area (Å²) < 4.78 is 9.32. The van der Waals surface area contributed by atoms with Crippen molar-refractivity contribution in [2.24, 2.45) is 0 Å². The van der Waals surface area contributed by atoms with Crippen LogP contribution in [0.3, 0.4) is 0 Å². The van der Waals surface area contributed by atoms with E-state index in [4.69, 9.17) is 4.74 Å². The zero-order chi connectivity index (χ0) is 9.97. The molecule has 0 radical (unpaired) electrons. The van der Waals surface area contributed by atoms with Crippen LogP contribution in [0.15, 0.2) is 15.3 Å². The van der Waals surface area contributed by atoms with E-state index >= 15 is 0 Å². The summed E-state index contributed by atoms with van der Waals surface area (Å²) >= 11 is 6.74. The molecular weight excluding hydrogens is 312 g/mol. The summed E-state index contributed by atoms with van der Waals surface area (Å²) in [7, 11) is 0. The second-order valence-corrected chi connectivity index (χ2v) is 5.12. The zero-order valence-electron chi connectivity index (χ0n) is 7.75. The van der Waals surface area contributed by atoms with Crippen LogP contribution in [0.5, 0.6) is 0 Å². The maximum atomic E-state index is 5.73. The van der Waals surface area contributed by atoms with Crippen molar-refractivity contribution in [1.29, 1.82) is 0 Å². The predicted molar refractivity (Wildman–Crippen MR) is 61.0 cm³/mol. The fourth-order valence-corrected chi connectivity index (χ4v) is 2.80. The van der Waals surface area contributed by atoms with Gasteiger partial charge in [0.1, 0.15) is 15.9 Å². The largest absolute Gasteiger partial charge is 0.356 e. The third kappa shape index (κ3) is 2.58. The van der Waals surface area contributed by atoms with E-state index in [0.29, 0.717) is 12.8 Å². The molecule has 0 unspecified atom stereocenters. The summed E-state index contributed by atoms with van der Waals surface area (Å²) in [5.74, 6) is 0. The number of aromatic nitrogens is 2. The van der Waals surface area contributed by atoms with Crippen molar-refractivity contribution in [2.75, 3.05) is 0 Å². The second-order valence-electron chi connectivity index (χ2n) is 3.49. The van der Waals surface area contributed by atoms with Gasteiger partial charge in [0.05, 0.1) is 6.10 Å². The molecule has 1 aromatic heterocycles. The molecule has 0 N–H and O–H groups in total. The Bertz CT molecular complexity index is 308. The van der Waals surface area contributed by atoms with Crippen LogP contribution < -0.4 is 0 Å². The van der Waals surface area contributed by atoms with Gasteiger partial charge >= 0.3 is 0 Å². The molecule has 0 aliphatic heterocycles. The Kier molecular flexibility index (Phi) is 3.62. The molecule has 1 aliphatic carbocycles. The van der Waals surface area contributed by atoms with Crippen LogP contribution >= 0.6 is 31.9 Å². The van der Waals surface area contributed by atoms with Crippen molar-refractivity contribution in [2.45, 2.75) is 38.5 Å². The van der Waals surface area contributed by atoms with E-state index in [1.807, 2.05) is 10.7 Å². The van der Waals surface area contributed by atoms with Gasteiger partial charge in [-0.3, -0.25) is 0 Å². The molecule has 0 spiro atoms. The lowest BCUT2D eigenvalue weighted by molar-refractivity contribution is 0.00422. The Morgan fingerprint density at radius 2 is 2.14 bits per heavy atom. The number of ether oxygens (including phenoxy) is 1. The zero-order valence-corrected chi connectivity index (χ0v) is 10.9. The molecular formula is C9H12Br2N2O. The first-order valence-electron chi connectivity index (χ1n) is 4.76. The van der Waals surface area contributed by atoms with Crippen molar-refractivity contribution < 1.29 is 4.74 Å². The molecule has 0 saturated heterocycles. The third-order valence-corrected chi connectivity index (χ3v) is 3.46. The quantitative estimate of drug-likeness (QED) is 0.853. The van der Waals surface area contributed by atoms with Crippen LogP contribution in [0.4, 0.5) is 0 Å². The number of halogens is 2. The van der Waals surface area contributed by atoms with Crippen LogP contribution in [-0.4, -0.2) is 15.9 Å². The van der Waals surface area contributed by atoms with Crippen LogP contribution in [0.2, 0.25) is 0 Å². The predicted octanol–water partition coefficient (Wildman–Crippen LogP) is 3.32. The number of nitrogens with zero attached hydrogens (tertiary/aromatic N) is 2. The Labute approximate surface area is 100 Å². The Hall–Kier alpha value is 0.130. The van der Waals surface area contributed by atoms with Gasteiger partial charge < -0.3 is 4.74 Å². The number of hydrogen-bond donors (Lipinski definition) is 0. The summed E-state index contributed by atoms with van der Waals surface area (Å²) in [4.78, 5) is 0. The number of rotatable bonds is 3. The fourth-order valence-electron chi connectivity index (χ4n) is 1.69. The van der Waals surface area contributed by atoms with Crippen LogP contribution in [0, 0.1) is 0 Å². The van der Waals surface area contributed by atoms with Crippen molar-refractivity contribution in [3.8, 4) is 0 Å². The minimum Gasteiger partial charge on any atom is -0.356 e. The number of hydrogen-bond acceptors (Lipinski definition) is 2. The standard InChI is InChI=1S/C9H12Br2N2O/c10-8-5-9(11)13(12-8)6-14-7-3-1-2-4-7/h5,7H,1-4,6H2. The van der Waals surface area contributed by atoms with Gasteiger partial charge in [0, 0.05) is 6.07 Å². The van der Waals surface area contributed by atoms with Gasteiger partial charge in [-0.15, -0.1) is 0 Å². The summed E-state index contributed by atoms with van der Waals surface area (Å²) in [5.41, 5.74) is 0. The van der Waals surface area contributed by atoms with Crippen molar-refractivity contribution in [3.05, 3.63) is 15.3 Å². The second kappa shape index (κ2) is 4.77. The van der Waals surface area contributed by atoms with Crippen LogP contribution in [-0.2, 0) is 11.5 Å². The highest BCUT2D eigenvalue weighted by Gasteiger charge is 2.15. The molecule has 0 aromatic carbocycles. The summed E-state index contributed by atoms with van der Waals surface area (Å²) in [6.07, 6.45) is 5.42. The van der Waals surface area contributed by atoms with Crippen molar-refractivity contribution >= 4 is 31.9 Å². The summed E-state index contributed by atoms with van der Waals surface area (Å²) in [6.45, 7) is 0.539. The highest BCUT2D eigenvalue weighted by molar-refractivity contribution is 9.11. The smallest absolute Gasteiger partial charge is 0.141 e. The van der Waals surface area contributed by atoms with E-state index in [1.165, 1.54) is 25.7 Å². The minimum absolute atomic E-state index is 0.435. The van der Waals surface area contributed by atoms with Crippen LogP contribution in [0.1, 0.15) is 25.7 Å². The average molecular weight is 324 g/mol. The molecule has 5 heteroatoms. The molecule has 14 heavy (non-hydrogen) atoms. The first-order chi connectivity index (χ1) is 6.75. The maximum Gasteiger partial charge on any atom is 0.141 e. The first kappa shape index (κ1) is 10.6. The summed E-state index contributed by atoms with van der Waals surface area (Å²) in [6, 6.07) is 1.91. The van der Waals surface area contributed by atoms with Gasteiger partial charge in [0.2, 0.25) is 0 Å². The SMILES string of the molecule is Brc1cc(Br)n(COC2CCCC2)n1. The maximum absolute atomic E-state index is 5.73. The average Bonchev–Trinajstić information content (AvgIpc) is 2.72. The normalized spacial score (nSPS) is 17.9. The molecule has 1 aliphatic rings.